The fraction of sp³-hybridized carbons (Fsp3) is 0.588. The van der Waals surface area contributed by atoms with E-state index in [-0.39, 0.29) is 6.54 Å². The molecule has 7 heteroatoms. The Morgan fingerprint density at radius 3 is 2.75 bits per heavy atom. The van der Waals surface area contributed by atoms with Gasteiger partial charge in [0.1, 0.15) is 17.7 Å². The molecule has 0 radical (unpaired) electrons. The molecule has 2 aromatic rings. The van der Waals surface area contributed by atoms with Crippen LogP contribution in [0, 0.1) is 0 Å². The van der Waals surface area contributed by atoms with Gasteiger partial charge in [-0.1, -0.05) is 44.2 Å². The molecule has 0 amide bonds. The number of hydrogen-bond acceptors (Lipinski definition) is 5. The van der Waals surface area contributed by atoms with Crippen molar-refractivity contribution in [2.45, 2.75) is 58.1 Å². The first kappa shape index (κ1) is 18.7. The van der Waals surface area contributed by atoms with Crippen LogP contribution in [-0.2, 0) is 12.1 Å². The third-order valence-electron chi connectivity index (χ3n) is 3.89. The third-order valence-corrected chi connectivity index (χ3v) is 4.12. The molecule has 6 nitrogen and oxygen atoms in total. The number of aliphatic hydroxyl groups is 1. The molecule has 0 bridgehead atoms. The molecule has 1 unspecified atom stereocenters. The molecule has 0 aliphatic carbocycles. The first-order valence-corrected chi connectivity index (χ1v) is 8.76. The molecule has 0 aliphatic rings. The molecule has 132 valence electrons. The molecular weight excluding hydrogens is 328 g/mol. The van der Waals surface area contributed by atoms with Crippen molar-refractivity contribution in [2.24, 2.45) is 0 Å². The number of aromatic nitrogens is 4. The van der Waals surface area contributed by atoms with Crippen LogP contribution in [0.25, 0.3) is 0 Å². The van der Waals surface area contributed by atoms with Crippen LogP contribution in [0.5, 0.6) is 5.75 Å². The average Bonchev–Trinajstić information content (AvgIpc) is 3.04. The Morgan fingerprint density at radius 2 is 2.04 bits per heavy atom. The predicted octanol–water partition coefficient (Wildman–Crippen LogP) is 3.58. The Hall–Kier alpha value is -1.66. The first-order chi connectivity index (χ1) is 11.5. The summed E-state index contributed by atoms with van der Waals surface area (Å²) in [4.78, 5) is 0. The van der Waals surface area contributed by atoms with Crippen molar-refractivity contribution < 1.29 is 9.84 Å². The second-order valence-electron chi connectivity index (χ2n) is 6.18. The zero-order valence-electron chi connectivity index (χ0n) is 14.3. The van der Waals surface area contributed by atoms with Gasteiger partial charge in [-0.15, -0.1) is 5.10 Å². The highest BCUT2D eigenvalue weighted by atomic mass is 35.5. The summed E-state index contributed by atoms with van der Waals surface area (Å²) < 4.78 is 7.38. The van der Waals surface area contributed by atoms with Crippen LogP contribution in [0.1, 0.15) is 51.5 Å². The van der Waals surface area contributed by atoms with Gasteiger partial charge in [0.25, 0.3) is 0 Å². The zero-order chi connectivity index (χ0) is 17.4. The van der Waals surface area contributed by atoms with Crippen LogP contribution in [0.4, 0.5) is 0 Å². The van der Waals surface area contributed by atoms with Crippen LogP contribution in [0.15, 0.2) is 24.5 Å². The van der Waals surface area contributed by atoms with Crippen LogP contribution in [-0.4, -0.2) is 31.9 Å². The van der Waals surface area contributed by atoms with Crippen LogP contribution in [0.3, 0.4) is 0 Å². The van der Waals surface area contributed by atoms with Crippen molar-refractivity contribution in [2.75, 3.05) is 6.61 Å². The van der Waals surface area contributed by atoms with Crippen molar-refractivity contribution in [3.05, 3.63) is 35.1 Å². The Kier molecular flexibility index (Phi) is 6.99. The molecule has 24 heavy (non-hydrogen) atoms. The van der Waals surface area contributed by atoms with Gasteiger partial charge >= 0.3 is 0 Å². The third kappa shape index (κ3) is 5.46. The quantitative estimate of drug-likeness (QED) is 0.661. The lowest BCUT2D eigenvalue weighted by molar-refractivity contribution is 0.0311. The Balaban J connectivity index is 2.03. The second kappa shape index (κ2) is 8.99. The molecular formula is C17H25ClN4O2. The lowest BCUT2D eigenvalue weighted by atomic mass is 9.95. The highest BCUT2D eigenvalue weighted by molar-refractivity contribution is 6.30. The predicted molar refractivity (Wildman–Crippen MR) is 93.1 cm³/mol. The van der Waals surface area contributed by atoms with E-state index in [1.807, 2.05) is 0 Å². The smallest absolute Gasteiger partial charge is 0.138 e. The Labute approximate surface area is 147 Å². The van der Waals surface area contributed by atoms with Crippen molar-refractivity contribution in [3.63, 3.8) is 0 Å². The SMILES string of the molecule is CCCCCCCOc1ccc(Cl)cc1C(C)(O)Cn1cnnn1. The minimum Gasteiger partial charge on any atom is -0.493 e. The summed E-state index contributed by atoms with van der Waals surface area (Å²) in [6, 6.07) is 5.31. The van der Waals surface area contributed by atoms with Gasteiger partial charge in [-0.3, -0.25) is 0 Å². The average molecular weight is 353 g/mol. The molecule has 0 aliphatic heterocycles. The second-order valence-corrected chi connectivity index (χ2v) is 6.62. The number of benzene rings is 1. The first-order valence-electron chi connectivity index (χ1n) is 8.39. The zero-order valence-corrected chi connectivity index (χ0v) is 15.0. The maximum absolute atomic E-state index is 10.9. The molecule has 1 aromatic carbocycles. The molecule has 1 atom stereocenters. The number of unbranched alkanes of at least 4 members (excludes halogenated alkanes) is 4. The molecule has 0 fully saturated rings. The van der Waals surface area contributed by atoms with Gasteiger partial charge in [-0.2, -0.15) is 0 Å². The number of nitrogens with zero attached hydrogens (tertiary/aromatic N) is 4. The van der Waals surface area contributed by atoms with Gasteiger partial charge in [-0.25, -0.2) is 4.68 Å². The summed E-state index contributed by atoms with van der Waals surface area (Å²) in [5, 5.41) is 22.4. The Morgan fingerprint density at radius 1 is 1.25 bits per heavy atom. The molecule has 0 saturated heterocycles. The van der Waals surface area contributed by atoms with Gasteiger partial charge < -0.3 is 9.84 Å². The molecule has 1 heterocycles. The minimum atomic E-state index is -1.20. The highest BCUT2D eigenvalue weighted by Gasteiger charge is 2.28. The molecule has 0 saturated carbocycles. The van der Waals surface area contributed by atoms with E-state index in [9.17, 15) is 5.11 Å². The minimum absolute atomic E-state index is 0.215. The van der Waals surface area contributed by atoms with Crippen LogP contribution >= 0.6 is 11.6 Å². The van der Waals surface area contributed by atoms with E-state index in [0.717, 1.165) is 12.8 Å². The Bertz CT molecular complexity index is 617. The number of tetrazole rings is 1. The number of hydrogen-bond donors (Lipinski definition) is 1. The van der Waals surface area contributed by atoms with E-state index in [1.54, 1.807) is 25.1 Å². The molecule has 1 aromatic heterocycles. The van der Waals surface area contributed by atoms with Crippen molar-refractivity contribution in [1.29, 1.82) is 0 Å². The topological polar surface area (TPSA) is 73.1 Å². The highest BCUT2D eigenvalue weighted by Crippen LogP contribution is 2.33. The van der Waals surface area contributed by atoms with E-state index in [2.05, 4.69) is 22.4 Å². The molecule has 1 N–H and O–H groups in total. The summed E-state index contributed by atoms with van der Waals surface area (Å²) in [6.45, 7) is 4.74. The normalized spacial score (nSPS) is 13.7. The van der Waals surface area contributed by atoms with Gasteiger partial charge in [0.05, 0.1) is 13.2 Å². The van der Waals surface area contributed by atoms with Gasteiger partial charge in [0, 0.05) is 10.6 Å². The summed E-state index contributed by atoms with van der Waals surface area (Å²) in [6.07, 6.45) is 7.32. The van der Waals surface area contributed by atoms with Gasteiger partial charge in [0.2, 0.25) is 0 Å². The van der Waals surface area contributed by atoms with Crippen molar-refractivity contribution >= 4 is 11.6 Å². The number of halogens is 1. The van der Waals surface area contributed by atoms with Crippen LogP contribution in [0.2, 0.25) is 5.02 Å². The molecule has 0 spiro atoms. The summed E-state index contributed by atoms with van der Waals surface area (Å²) in [5.74, 6) is 0.646. The van der Waals surface area contributed by atoms with E-state index >= 15 is 0 Å². The maximum atomic E-state index is 10.9. The summed E-state index contributed by atoms with van der Waals surface area (Å²) in [5.41, 5.74) is -0.559. The van der Waals surface area contributed by atoms with Crippen molar-refractivity contribution in [1.82, 2.24) is 20.2 Å². The van der Waals surface area contributed by atoms with E-state index in [4.69, 9.17) is 16.3 Å². The maximum Gasteiger partial charge on any atom is 0.138 e. The standard InChI is InChI=1S/C17H25ClN4O2/c1-3-4-5-6-7-10-24-16-9-8-14(18)11-15(16)17(2,23)12-22-13-19-20-21-22/h8-9,11,13,23H,3-7,10,12H2,1-2H3. The van der Waals surface area contributed by atoms with Gasteiger partial charge in [0.15, 0.2) is 0 Å². The summed E-state index contributed by atoms with van der Waals surface area (Å²) >= 11 is 6.11. The number of ether oxygens (including phenoxy) is 1. The fourth-order valence-corrected chi connectivity index (χ4v) is 2.76. The van der Waals surface area contributed by atoms with E-state index in [0.29, 0.717) is 22.9 Å². The monoisotopic (exact) mass is 352 g/mol. The van der Waals surface area contributed by atoms with Crippen LogP contribution < -0.4 is 4.74 Å². The van der Waals surface area contributed by atoms with Gasteiger partial charge in [-0.05, 0) is 42.0 Å². The van der Waals surface area contributed by atoms with E-state index < -0.39 is 5.60 Å². The van der Waals surface area contributed by atoms with E-state index in [1.165, 1.54) is 30.3 Å². The molecule has 2 rings (SSSR count). The largest absolute Gasteiger partial charge is 0.493 e. The fourth-order valence-electron chi connectivity index (χ4n) is 2.59. The lowest BCUT2D eigenvalue weighted by Gasteiger charge is -2.26. The van der Waals surface area contributed by atoms with Crippen molar-refractivity contribution in [3.8, 4) is 5.75 Å². The lowest BCUT2D eigenvalue weighted by Crippen LogP contribution is -2.29. The summed E-state index contributed by atoms with van der Waals surface area (Å²) in [7, 11) is 0. The number of rotatable bonds is 10.